The topological polar surface area (TPSA) is 41.6 Å². The fourth-order valence-electron chi connectivity index (χ4n) is 1.87. The van der Waals surface area contributed by atoms with Gasteiger partial charge in [0.1, 0.15) is 0 Å². The van der Waals surface area contributed by atoms with Gasteiger partial charge in [-0.1, -0.05) is 23.7 Å². The lowest BCUT2D eigenvalue weighted by Crippen LogP contribution is -2.43. The first-order chi connectivity index (χ1) is 8.65. The Bertz CT molecular complexity index is 402. The van der Waals surface area contributed by atoms with E-state index in [-0.39, 0.29) is 12.1 Å². The van der Waals surface area contributed by atoms with Crippen molar-refractivity contribution in [3.05, 3.63) is 34.9 Å². The first-order valence-electron chi connectivity index (χ1n) is 5.99. The van der Waals surface area contributed by atoms with Gasteiger partial charge in [-0.2, -0.15) is 0 Å². The Morgan fingerprint density at radius 1 is 1.50 bits per heavy atom. The maximum Gasteiger partial charge on any atom is 0.317 e. The highest BCUT2D eigenvalue weighted by molar-refractivity contribution is 6.30. The number of rotatable bonds is 3. The molecule has 1 atom stereocenters. The van der Waals surface area contributed by atoms with Gasteiger partial charge in [-0.25, -0.2) is 4.79 Å². The van der Waals surface area contributed by atoms with Gasteiger partial charge in [0.25, 0.3) is 0 Å². The number of urea groups is 1. The van der Waals surface area contributed by atoms with E-state index < -0.39 is 0 Å². The molecule has 1 aromatic rings. The molecule has 18 heavy (non-hydrogen) atoms. The van der Waals surface area contributed by atoms with Gasteiger partial charge >= 0.3 is 6.03 Å². The molecular weight excluding hydrogens is 252 g/mol. The van der Waals surface area contributed by atoms with E-state index in [9.17, 15) is 4.79 Å². The molecule has 1 aliphatic rings. The van der Waals surface area contributed by atoms with Crippen molar-refractivity contribution in [1.82, 2.24) is 10.2 Å². The summed E-state index contributed by atoms with van der Waals surface area (Å²) in [6, 6.07) is 7.57. The molecule has 1 unspecified atom stereocenters. The third kappa shape index (κ3) is 3.62. The van der Waals surface area contributed by atoms with Crippen LogP contribution in [0.2, 0.25) is 5.02 Å². The molecule has 4 nitrogen and oxygen atoms in total. The van der Waals surface area contributed by atoms with E-state index in [4.69, 9.17) is 16.3 Å². The molecule has 0 aromatic heterocycles. The average molecular weight is 269 g/mol. The van der Waals surface area contributed by atoms with Crippen LogP contribution in [0.15, 0.2) is 24.3 Å². The first-order valence-corrected chi connectivity index (χ1v) is 6.37. The average Bonchev–Trinajstić information content (AvgIpc) is 2.85. The van der Waals surface area contributed by atoms with E-state index in [1.807, 2.05) is 24.3 Å². The van der Waals surface area contributed by atoms with Crippen LogP contribution in [-0.4, -0.2) is 37.2 Å². The Hall–Kier alpha value is -1.26. The van der Waals surface area contributed by atoms with Crippen molar-refractivity contribution in [1.29, 1.82) is 0 Å². The zero-order chi connectivity index (χ0) is 13.0. The Labute approximate surface area is 112 Å². The summed E-state index contributed by atoms with van der Waals surface area (Å²) in [5, 5.41) is 3.65. The van der Waals surface area contributed by atoms with Crippen LogP contribution in [0.25, 0.3) is 0 Å². The van der Waals surface area contributed by atoms with Crippen LogP contribution in [-0.2, 0) is 11.3 Å². The molecule has 1 aliphatic heterocycles. The van der Waals surface area contributed by atoms with Gasteiger partial charge in [0.15, 0.2) is 0 Å². The van der Waals surface area contributed by atoms with Gasteiger partial charge in [0, 0.05) is 25.2 Å². The van der Waals surface area contributed by atoms with Crippen LogP contribution in [0.1, 0.15) is 12.0 Å². The number of ether oxygens (including phenoxy) is 1. The second-order valence-electron chi connectivity index (χ2n) is 4.49. The summed E-state index contributed by atoms with van der Waals surface area (Å²) in [5.74, 6) is 0. The van der Waals surface area contributed by atoms with Crippen molar-refractivity contribution in [3.63, 3.8) is 0 Å². The molecule has 2 amide bonds. The Balaban J connectivity index is 1.84. The number of halogens is 1. The molecule has 0 aliphatic carbocycles. The molecule has 1 heterocycles. The van der Waals surface area contributed by atoms with Crippen LogP contribution in [0, 0.1) is 0 Å². The van der Waals surface area contributed by atoms with E-state index in [0.29, 0.717) is 18.2 Å². The normalized spacial score (nSPS) is 18.7. The highest BCUT2D eigenvalue weighted by atomic mass is 35.5. The first kappa shape index (κ1) is 13.2. The van der Waals surface area contributed by atoms with Crippen LogP contribution in [0.3, 0.4) is 0 Å². The van der Waals surface area contributed by atoms with Crippen molar-refractivity contribution >= 4 is 17.6 Å². The number of amides is 2. The predicted molar refractivity (Wildman–Crippen MR) is 70.7 cm³/mol. The molecule has 0 saturated carbocycles. The highest BCUT2D eigenvalue weighted by Crippen LogP contribution is 2.11. The van der Waals surface area contributed by atoms with E-state index >= 15 is 0 Å². The lowest BCUT2D eigenvalue weighted by Gasteiger charge is -2.20. The van der Waals surface area contributed by atoms with Crippen LogP contribution in [0.5, 0.6) is 0 Å². The fourth-order valence-corrected chi connectivity index (χ4v) is 1.99. The van der Waals surface area contributed by atoms with Gasteiger partial charge in [-0.3, -0.25) is 0 Å². The van der Waals surface area contributed by atoms with Crippen molar-refractivity contribution in [2.45, 2.75) is 19.0 Å². The largest absolute Gasteiger partial charge is 0.379 e. The second-order valence-corrected chi connectivity index (χ2v) is 4.93. The quantitative estimate of drug-likeness (QED) is 0.914. The standard InChI is InChI=1S/C13H17ClN2O2/c1-16(8-10-2-4-11(14)5-3-10)13(17)15-12-6-7-18-9-12/h2-5,12H,6-9H2,1H3,(H,15,17). The molecule has 98 valence electrons. The maximum absolute atomic E-state index is 11.9. The monoisotopic (exact) mass is 268 g/mol. The molecule has 1 N–H and O–H groups in total. The maximum atomic E-state index is 11.9. The van der Waals surface area contributed by atoms with Crippen LogP contribution in [0.4, 0.5) is 4.79 Å². The third-order valence-corrected chi connectivity index (χ3v) is 3.19. The van der Waals surface area contributed by atoms with Gasteiger partial charge < -0.3 is 15.0 Å². The zero-order valence-electron chi connectivity index (χ0n) is 10.4. The van der Waals surface area contributed by atoms with Gasteiger partial charge in [-0.05, 0) is 24.1 Å². The summed E-state index contributed by atoms with van der Waals surface area (Å²) in [6.07, 6.45) is 0.889. The molecule has 5 heteroatoms. The van der Waals surface area contributed by atoms with E-state index in [1.165, 1.54) is 0 Å². The smallest absolute Gasteiger partial charge is 0.317 e. The SMILES string of the molecule is CN(Cc1ccc(Cl)cc1)C(=O)NC1CCOC1. The molecule has 1 aromatic carbocycles. The summed E-state index contributed by atoms with van der Waals surface area (Å²) in [6.45, 7) is 1.91. The van der Waals surface area contributed by atoms with Gasteiger partial charge in [0.05, 0.1) is 12.6 Å². The van der Waals surface area contributed by atoms with Crippen molar-refractivity contribution in [2.75, 3.05) is 20.3 Å². The lowest BCUT2D eigenvalue weighted by atomic mass is 10.2. The highest BCUT2D eigenvalue weighted by Gasteiger charge is 2.19. The number of hydrogen-bond acceptors (Lipinski definition) is 2. The summed E-state index contributed by atoms with van der Waals surface area (Å²) in [5.41, 5.74) is 1.06. The fraction of sp³-hybridized carbons (Fsp3) is 0.462. The molecule has 2 rings (SSSR count). The second kappa shape index (κ2) is 6.07. The molecule has 0 bridgehead atoms. The third-order valence-electron chi connectivity index (χ3n) is 2.94. The molecular formula is C13H17ClN2O2. The number of carbonyl (C=O) groups excluding carboxylic acids is 1. The summed E-state index contributed by atoms with van der Waals surface area (Å²) < 4.78 is 5.22. The minimum absolute atomic E-state index is 0.0690. The summed E-state index contributed by atoms with van der Waals surface area (Å²) in [7, 11) is 1.78. The molecule has 0 spiro atoms. The van der Waals surface area contributed by atoms with Crippen LogP contribution >= 0.6 is 11.6 Å². The van der Waals surface area contributed by atoms with E-state index in [2.05, 4.69) is 5.32 Å². The molecule has 1 fully saturated rings. The van der Waals surface area contributed by atoms with Crippen molar-refractivity contribution in [3.8, 4) is 0 Å². The zero-order valence-corrected chi connectivity index (χ0v) is 11.1. The predicted octanol–water partition coefficient (Wildman–Crippen LogP) is 2.27. The number of nitrogens with zero attached hydrogens (tertiary/aromatic N) is 1. The lowest BCUT2D eigenvalue weighted by molar-refractivity contribution is 0.181. The molecule has 1 saturated heterocycles. The Kier molecular flexibility index (Phi) is 4.44. The molecule has 0 radical (unpaired) electrons. The Morgan fingerprint density at radius 3 is 2.83 bits per heavy atom. The van der Waals surface area contributed by atoms with Crippen molar-refractivity contribution in [2.24, 2.45) is 0 Å². The van der Waals surface area contributed by atoms with Gasteiger partial charge in [-0.15, -0.1) is 0 Å². The van der Waals surface area contributed by atoms with Crippen molar-refractivity contribution < 1.29 is 9.53 Å². The number of nitrogens with one attached hydrogen (secondary N) is 1. The number of carbonyl (C=O) groups is 1. The Morgan fingerprint density at radius 2 is 2.22 bits per heavy atom. The number of benzene rings is 1. The van der Waals surface area contributed by atoms with E-state index in [0.717, 1.165) is 18.6 Å². The summed E-state index contributed by atoms with van der Waals surface area (Å²) in [4.78, 5) is 13.6. The summed E-state index contributed by atoms with van der Waals surface area (Å²) >= 11 is 5.82. The number of hydrogen-bond donors (Lipinski definition) is 1. The minimum atomic E-state index is -0.0690. The van der Waals surface area contributed by atoms with Crippen LogP contribution < -0.4 is 5.32 Å². The van der Waals surface area contributed by atoms with Gasteiger partial charge in [0.2, 0.25) is 0 Å². The minimum Gasteiger partial charge on any atom is -0.379 e. The van der Waals surface area contributed by atoms with E-state index in [1.54, 1.807) is 11.9 Å².